The number of aromatic nitrogens is 3. The molecule has 0 saturated heterocycles. The van der Waals surface area contributed by atoms with Crippen molar-refractivity contribution in [2.24, 2.45) is 0 Å². The van der Waals surface area contributed by atoms with Crippen molar-refractivity contribution >= 4 is 24.0 Å². The summed E-state index contributed by atoms with van der Waals surface area (Å²) < 4.78 is 2.67. The molecular formula is C19H21N3S2. The molecule has 0 aliphatic carbocycles. The lowest BCUT2D eigenvalue weighted by Gasteiger charge is -2.08. The van der Waals surface area contributed by atoms with Crippen LogP contribution >= 0.6 is 24.0 Å². The van der Waals surface area contributed by atoms with Crippen LogP contribution in [0.4, 0.5) is 0 Å². The molecule has 3 rings (SSSR count). The second kappa shape index (κ2) is 7.81. The summed E-state index contributed by atoms with van der Waals surface area (Å²) in [6.45, 7) is 4.31. The van der Waals surface area contributed by atoms with E-state index in [0.717, 1.165) is 29.4 Å². The van der Waals surface area contributed by atoms with Crippen LogP contribution in [-0.2, 0) is 17.9 Å². The maximum absolute atomic E-state index is 5.42. The Labute approximate surface area is 152 Å². The van der Waals surface area contributed by atoms with Crippen molar-refractivity contribution in [1.82, 2.24) is 14.8 Å². The highest BCUT2D eigenvalue weighted by Gasteiger charge is 2.09. The van der Waals surface area contributed by atoms with Crippen molar-refractivity contribution < 1.29 is 0 Å². The number of hydrogen-bond acceptors (Lipinski definition) is 3. The first-order valence-electron chi connectivity index (χ1n) is 8.07. The topological polar surface area (TPSA) is 33.6 Å². The highest BCUT2D eigenvalue weighted by Crippen LogP contribution is 2.21. The van der Waals surface area contributed by atoms with Crippen LogP contribution < -0.4 is 0 Å². The Morgan fingerprint density at radius 2 is 1.83 bits per heavy atom. The molecule has 3 nitrogen and oxygen atoms in total. The summed E-state index contributed by atoms with van der Waals surface area (Å²) >= 11 is 7.27. The quantitative estimate of drug-likeness (QED) is 0.614. The summed E-state index contributed by atoms with van der Waals surface area (Å²) in [6.07, 6.45) is 1.04. The molecule has 0 aliphatic heterocycles. The maximum Gasteiger partial charge on any atom is 0.199 e. The summed E-state index contributed by atoms with van der Waals surface area (Å²) in [6, 6.07) is 17.0. The van der Waals surface area contributed by atoms with Gasteiger partial charge >= 0.3 is 0 Å². The number of thioether (sulfide) groups is 1. The van der Waals surface area contributed by atoms with Crippen molar-refractivity contribution in [2.75, 3.05) is 0 Å². The Bertz CT molecular complexity index is 863. The third-order valence-corrected chi connectivity index (χ3v) is 5.35. The number of nitrogens with one attached hydrogen (secondary N) is 1. The molecule has 0 saturated carbocycles. The van der Waals surface area contributed by atoms with Crippen LogP contribution in [0.1, 0.15) is 29.4 Å². The first-order chi connectivity index (χ1) is 11.7. The summed E-state index contributed by atoms with van der Waals surface area (Å²) in [7, 11) is 0. The standard InChI is InChI=1S/C19H21N3S2/c1-3-15-8-10-17(11-9-15)22-18(20-21-19(22)23)13-24-12-16-7-5-4-6-14(16)2/h4-11H,3,12-13H2,1-2H3,(H,21,23). The monoisotopic (exact) mass is 355 g/mol. The van der Waals surface area contributed by atoms with Crippen LogP contribution in [0.15, 0.2) is 48.5 Å². The number of benzene rings is 2. The van der Waals surface area contributed by atoms with E-state index in [0.29, 0.717) is 4.77 Å². The third kappa shape index (κ3) is 3.79. The number of H-pyrrole nitrogens is 1. The molecule has 5 heteroatoms. The smallest absolute Gasteiger partial charge is 0.199 e. The fourth-order valence-electron chi connectivity index (χ4n) is 2.60. The van der Waals surface area contributed by atoms with Gasteiger partial charge in [0.25, 0.3) is 0 Å². The van der Waals surface area contributed by atoms with E-state index in [2.05, 4.69) is 72.6 Å². The SMILES string of the molecule is CCc1ccc(-n2c(CSCc3ccccc3C)n[nH]c2=S)cc1. The van der Waals surface area contributed by atoms with Gasteiger partial charge in [0.2, 0.25) is 0 Å². The fraction of sp³-hybridized carbons (Fsp3) is 0.263. The van der Waals surface area contributed by atoms with Gasteiger partial charge in [-0.05, 0) is 54.4 Å². The third-order valence-electron chi connectivity index (χ3n) is 4.09. The van der Waals surface area contributed by atoms with Crippen LogP contribution in [0.25, 0.3) is 5.69 Å². The van der Waals surface area contributed by atoms with E-state index in [1.165, 1.54) is 16.7 Å². The molecule has 1 heterocycles. The molecule has 124 valence electrons. The molecule has 0 spiro atoms. The predicted octanol–water partition coefficient (Wildman–Crippen LogP) is 5.23. The van der Waals surface area contributed by atoms with Crippen molar-refractivity contribution in [3.05, 3.63) is 75.8 Å². The average molecular weight is 356 g/mol. The molecule has 0 atom stereocenters. The highest BCUT2D eigenvalue weighted by molar-refractivity contribution is 7.97. The van der Waals surface area contributed by atoms with E-state index in [4.69, 9.17) is 12.2 Å². The van der Waals surface area contributed by atoms with Gasteiger partial charge in [0.1, 0.15) is 5.82 Å². The minimum atomic E-state index is 0.644. The molecule has 0 fully saturated rings. The molecule has 0 radical (unpaired) electrons. The van der Waals surface area contributed by atoms with Gasteiger partial charge in [-0.25, -0.2) is 0 Å². The zero-order valence-corrected chi connectivity index (χ0v) is 15.6. The minimum Gasteiger partial charge on any atom is -0.271 e. The molecule has 24 heavy (non-hydrogen) atoms. The van der Waals surface area contributed by atoms with E-state index in [1.807, 2.05) is 16.3 Å². The fourth-order valence-corrected chi connectivity index (χ4v) is 3.88. The summed E-state index contributed by atoms with van der Waals surface area (Å²) in [4.78, 5) is 0. The van der Waals surface area contributed by atoms with E-state index in [-0.39, 0.29) is 0 Å². The van der Waals surface area contributed by atoms with Gasteiger partial charge in [0.15, 0.2) is 4.77 Å². The molecule has 0 unspecified atom stereocenters. The summed E-state index contributed by atoms with van der Waals surface area (Å²) in [5.41, 5.74) is 5.09. The molecule has 0 amide bonds. The maximum atomic E-state index is 5.42. The van der Waals surface area contributed by atoms with Crippen molar-refractivity contribution in [3.63, 3.8) is 0 Å². The molecule has 0 aliphatic rings. The Balaban J connectivity index is 1.75. The Morgan fingerprint density at radius 3 is 2.54 bits per heavy atom. The largest absolute Gasteiger partial charge is 0.271 e. The Hall–Kier alpha value is -1.85. The van der Waals surface area contributed by atoms with Crippen LogP contribution in [0, 0.1) is 11.7 Å². The number of hydrogen-bond donors (Lipinski definition) is 1. The van der Waals surface area contributed by atoms with E-state index >= 15 is 0 Å². The second-order valence-corrected chi connectivity index (χ2v) is 7.09. The van der Waals surface area contributed by atoms with Gasteiger partial charge in [-0.15, -0.1) is 11.8 Å². The Kier molecular flexibility index (Phi) is 5.53. The van der Waals surface area contributed by atoms with Gasteiger partial charge in [-0.3, -0.25) is 9.67 Å². The zero-order chi connectivity index (χ0) is 16.9. The normalized spacial score (nSPS) is 10.9. The van der Waals surface area contributed by atoms with Crippen molar-refractivity contribution in [3.8, 4) is 5.69 Å². The molecule has 1 N–H and O–H groups in total. The molecule has 2 aromatic carbocycles. The molecule has 3 aromatic rings. The van der Waals surface area contributed by atoms with Crippen molar-refractivity contribution in [2.45, 2.75) is 31.8 Å². The van der Waals surface area contributed by atoms with Gasteiger partial charge in [0, 0.05) is 11.4 Å². The molecular weight excluding hydrogens is 334 g/mol. The lowest BCUT2D eigenvalue weighted by Crippen LogP contribution is -2.01. The number of rotatable bonds is 6. The molecule has 0 bridgehead atoms. The highest BCUT2D eigenvalue weighted by atomic mass is 32.2. The predicted molar refractivity (Wildman–Crippen MR) is 104 cm³/mol. The average Bonchev–Trinajstić information content (AvgIpc) is 2.97. The minimum absolute atomic E-state index is 0.644. The summed E-state index contributed by atoms with van der Waals surface area (Å²) in [5, 5.41) is 7.34. The van der Waals surface area contributed by atoms with Crippen LogP contribution in [0.2, 0.25) is 0 Å². The van der Waals surface area contributed by atoms with Gasteiger partial charge < -0.3 is 0 Å². The van der Waals surface area contributed by atoms with E-state index < -0.39 is 0 Å². The summed E-state index contributed by atoms with van der Waals surface area (Å²) in [5.74, 6) is 2.75. The van der Waals surface area contributed by atoms with Crippen LogP contribution in [0.3, 0.4) is 0 Å². The second-order valence-electron chi connectivity index (χ2n) is 5.72. The van der Waals surface area contributed by atoms with Crippen LogP contribution in [-0.4, -0.2) is 14.8 Å². The number of nitrogens with zero attached hydrogens (tertiary/aromatic N) is 2. The van der Waals surface area contributed by atoms with Gasteiger partial charge in [-0.2, -0.15) is 5.10 Å². The number of aromatic amines is 1. The van der Waals surface area contributed by atoms with Crippen molar-refractivity contribution in [1.29, 1.82) is 0 Å². The lowest BCUT2D eigenvalue weighted by atomic mass is 10.1. The Morgan fingerprint density at radius 1 is 1.08 bits per heavy atom. The van der Waals surface area contributed by atoms with Gasteiger partial charge in [-0.1, -0.05) is 43.3 Å². The van der Waals surface area contributed by atoms with Crippen LogP contribution in [0.5, 0.6) is 0 Å². The lowest BCUT2D eigenvalue weighted by molar-refractivity contribution is 0.946. The van der Waals surface area contributed by atoms with E-state index in [9.17, 15) is 0 Å². The van der Waals surface area contributed by atoms with Gasteiger partial charge in [0.05, 0.1) is 5.75 Å². The first-order valence-corrected chi connectivity index (χ1v) is 9.63. The zero-order valence-electron chi connectivity index (χ0n) is 14.0. The molecule has 1 aromatic heterocycles. The number of aryl methyl sites for hydroxylation is 2. The van der Waals surface area contributed by atoms with E-state index in [1.54, 1.807) is 0 Å². The first kappa shape index (κ1) is 17.0.